The fourth-order valence-corrected chi connectivity index (χ4v) is 4.91. The monoisotopic (exact) mass is 356 g/mol. The Hall–Kier alpha value is -1.39. The molecule has 1 amide bonds. The van der Waals surface area contributed by atoms with Crippen molar-refractivity contribution in [2.24, 2.45) is 17.3 Å². The van der Waals surface area contributed by atoms with E-state index in [1.165, 1.54) is 25.7 Å². The van der Waals surface area contributed by atoms with Crippen LogP contribution in [-0.4, -0.2) is 25.1 Å². The number of hydrogen-bond acceptors (Lipinski definition) is 3. The summed E-state index contributed by atoms with van der Waals surface area (Å²) >= 11 is 0. The van der Waals surface area contributed by atoms with Crippen LogP contribution in [-0.2, 0) is 16.1 Å². The third-order valence-corrected chi connectivity index (χ3v) is 6.67. The summed E-state index contributed by atoms with van der Waals surface area (Å²) in [6, 6.07) is 8.17. The third-order valence-electron chi connectivity index (χ3n) is 6.67. The molecule has 142 valence electrons. The van der Waals surface area contributed by atoms with Crippen LogP contribution in [0, 0.1) is 17.3 Å². The van der Waals surface area contributed by atoms with Crippen molar-refractivity contribution in [3.63, 3.8) is 0 Å². The first-order valence-electron chi connectivity index (χ1n) is 10.4. The number of hydrogen-bond donors (Lipinski definition) is 2. The number of benzene rings is 1. The van der Waals surface area contributed by atoms with Gasteiger partial charge >= 0.3 is 0 Å². The van der Waals surface area contributed by atoms with Gasteiger partial charge in [0.05, 0.1) is 12.7 Å². The third kappa shape index (κ3) is 4.12. The maximum Gasteiger partial charge on any atom is 0.228 e. The van der Waals surface area contributed by atoms with Gasteiger partial charge < -0.3 is 15.4 Å². The Morgan fingerprint density at radius 3 is 2.96 bits per heavy atom. The number of rotatable bonds is 5. The van der Waals surface area contributed by atoms with Gasteiger partial charge in [-0.15, -0.1) is 0 Å². The molecule has 2 N–H and O–H groups in total. The molecular formula is C22H32N2O2. The van der Waals surface area contributed by atoms with Crippen molar-refractivity contribution in [1.29, 1.82) is 0 Å². The highest BCUT2D eigenvalue weighted by molar-refractivity contribution is 5.95. The van der Waals surface area contributed by atoms with Crippen LogP contribution in [0.3, 0.4) is 0 Å². The van der Waals surface area contributed by atoms with Crippen molar-refractivity contribution >= 4 is 11.6 Å². The molecule has 3 aliphatic rings. The van der Waals surface area contributed by atoms with Gasteiger partial charge in [0.1, 0.15) is 0 Å². The molecular weight excluding hydrogens is 324 g/mol. The molecule has 26 heavy (non-hydrogen) atoms. The van der Waals surface area contributed by atoms with Crippen molar-refractivity contribution in [1.82, 2.24) is 5.32 Å². The largest absolute Gasteiger partial charge is 0.374 e. The maximum atomic E-state index is 12.6. The summed E-state index contributed by atoms with van der Waals surface area (Å²) in [5, 5.41) is 6.54. The molecule has 1 spiro atoms. The molecule has 1 saturated heterocycles. The molecule has 3 unspecified atom stereocenters. The first kappa shape index (κ1) is 18.0. The Kier molecular flexibility index (Phi) is 5.32. The Morgan fingerprint density at radius 1 is 1.31 bits per heavy atom. The Morgan fingerprint density at radius 2 is 2.15 bits per heavy atom. The topological polar surface area (TPSA) is 50.4 Å². The predicted molar refractivity (Wildman–Crippen MR) is 104 cm³/mol. The van der Waals surface area contributed by atoms with Crippen LogP contribution in [0.5, 0.6) is 0 Å². The first-order chi connectivity index (χ1) is 12.6. The molecule has 2 aliphatic carbocycles. The lowest BCUT2D eigenvalue weighted by Gasteiger charge is -2.26. The number of ether oxygens (including phenoxy) is 1. The molecule has 0 aromatic heterocycles. The molecule has 0 radical (unpaired) electrons. The SMILES string of the molecule is CC1CCCC(OCc2cccc(NC(=O)C3CC34CCNCC4)c2)C1. The summed E-state index contributed by atoms with van der Waals surface area (Å²) < 4.78 is 6.13. The fourth-order valence-electron chi connectivity index (χ4n) is 4.91. The zero-order valence-corrected chi connectivity index (χ0v) is 15.9. The quantitative estimate of drug-likeness (QED) is 0.835. The number of carbonyl (C=O) groups is 1. The van der Waals surface area contributed by atoms with E-state index in [4.69, 9.17) is 4.74 Å². The molecule has 1 heterocycles. The van der Waals surface area contributed by atoms with Crippen LogP contribution in [0.4, 0.5) is 5.69 Å². The van der Waals surface area contributed by atoms with Gasteiger partial charge in [0.2, 0.25) is 5.91 Å². The van der Waals surface area contributed by atoms with Crippen LogP contribution < -0.4 is 10.6 Å². The van der Waals surface area contributed by atoms with Gasteiger partial charge in [0.15, 0.2) is 0 Å². The minimum Gasteiger partial charge on any atom is -0.374 e. The Labute approximate surface area is 157 Å². The van der Waals surface area contributed by atoms with Gasteiger partial charge in [0, 0.05) is 11.6 Å². The van der Waals surface area contributed by atoms with Crippen LogP contribution in [0.15, 0.2) is 24.3 Å². The number of piperidine rings is 1. The van der Waals surface area contributed by atoms with E-state index in [9.17, 15) is 4.79 Å². The minimum absolute atomic E-state index is 0.200. The molecule has 0 bridgehead atoms. The zero-order valence-electron chi connectivity index (χ0n) is 15.9. The molecule has 4 heteroatoms. The zero-order chi connectivity index (χ0) is 18.0. The Balaban J connectivity index is 1.29. The number of anilines is 1. The van der Waals surface area contributed by atoms with Crippen molar-refractivity contribution in [3.8, 4) is 0 Å². The average molecular weight is 357 g/mol. The van der Waals surface area contributed by atoms with E-state index >= 15 is 0 Å². The van der Waals surface area contributed by atoms with E-state index < -0.39 is 0 Å². The summed E-state index contributed by atoms with van der Waals surface area (Å²) in [5.41, 5.74) is 2.34. The maximum absolute atomic E-state index is 12.6. The normalized spacial score (nSPS) is 30.1. The standard InChI is InChI=1S/C22H32N2O2/c1-16-4-2-7-19(12-16)26-15-17-5-3-6-18(13-17)24-21(25)20-14-22(20)8-10-23-11-9-22/h3,5-6,13,16,19-20,23H,2,4,7-12,14-15H2,1H3,(H,24,25). The van der Waals surface area contributed by atoms with Crippen LogP contribution in [0.2, 0.25) is 0 Å². The number of nitrogens with one attached hydrogen (secondary N) is 2. The summed E-state index contributed by atoms with van der Waals surface area (Å²) in [7, 11) is 0. The van der Waals surface area contributed by atoms with Crippen molar-refractivity contribution in [2.75, 3.05) is 18.4 Å². The van der Waals surface area contributed by atoms with Gasteiger partial charge in [-0.05, 0) is 74.2 Å². The van der Waals surface area contributed by atoms with E-state index in [2.05, 4.69) is 29.7 Å². The van der Waals surface area contributed by atoms with Gasteiger partial charge in [0.25, 0.3) is 0 Å². The second-order valence-electron chi connectivity index (χ2n) is 8.76. The molecule has 4 nitrogen and oxygen atoms in total. The second-order valence-corrected chi connectivity index (χ2v) is 8.76. The van der Waals surface area contributed by atoms with Crippen molar-refractivity contribution in [2.45, 2.75) is 64.6 Å². The van der Waals surface area contributed by atoms with Crippen molar-refractivity contribution < 1.29 is 9.53 Å². The Bertz CT molecular complexity index is 639. The summed E-state index contributed by atoms with van der Waals surface area (Å²) in [4.78, 5) is 12.6. The van der Waals surface area contributed by atoms with Gasteiger partial charge in [-0.2, -0.15) is 0 Å². The summed E-state index contributed by atoms with van der Waals surface area (Å²) in [5.74, 6) is 1.18. The van der Waals surface area contributed by atoms with Gasteiger partial charge in [-0.25, -0.2) is 0 Å². The minimum atomic E-state index is 0.200. The van der Waals surface area contributed by atoms with E-state index in [1.54, 1.807) is 0 Å². The first-order valence-corrected chi connectivity index (χ1v) is 10.4. The summed E-state index contributed by atoms with van der Waals surface area (Å²) in [6.07, 6.45) is 8.69. The van der Waals surface area contributed by atoms with Gasteiger partial charge in [-0.3, -0.25) is 4.79 Å². The fraction of sp³-hybridized carbons (Fsp3) is 0.682. The van der Waals surface area contributed by atoms with E-state index in [-0.39, 0.29) is 17.2 Å². The lowest BCUT2D eigenvalue weighted by Crippen LogP contribution is -2.31. The van der Waals surface area contributed by atoms with Gasteiger partial charge in [-0.1, -0.05) is 31.9 Å². The molecule has 1 aromatic rings. The summed E-state index contributed by atoms with van der Waals surface area (Å²) in [6.45, 7) is 5.06. The molecule has 4 rings (SSSR count). The van der Waals surface area contributed by atoms with E-state index in [0.29, 0.717) is 12.7 Å². The van der Waals surface area contributed by atoms with E-state index in [1.807, 2.05) is 12.1 Å². The molecule has 3 atom stereocenters. The average Bonchev–Trinajstić information content (AvgIpc) is 3.34. The van der Waals surface area contributed by atoms with E-state index in [0.717, 1.165) is 49.5 Å². The lowest BCUT2D eigenvalue weighted by molar-refractivity contribution is -0.118. The smallest absolute Gasteiger partial charge is 0.228 e. The lowest BCUT2D eigenvalue weighted by atomic mass is 9.89. The van der Waals surface area contributed by atoms with Crippen LogP contribution in [0.1, 0.15) is 57.4 Å². The number of amides is 1. The molecule has 3 fully saturated rings. The highest BCUT2D eigenvalue weighted by atomic mass is 16.5. The predicted octanol–water partition coefficient (Wildman–Crippen LogP) is 4.11. The molecule has 2 saturated carbocycles. The van der Waals surface area contributed by atoms with Crippen LogP contribution >= 0.6 is 0 Å². The molecule has 1 aliphatic heterocycles. The van der Waals surface area contributed by atoms with Crippen LogP contribution in [0.25, 0.3) is 0 Å². The number of carbonyl (C=O) groups excluding carboxylic acids is 1. The highest BCUT2D eigenvalue weighted by Crippen LogP contribution is 2.58. The molecule has 1 aromatic carbocycles. The van der Waals surface area contributed by atoms with Crippen molar-refractivity contribution in [3.05, 3.63) is 29.8 Å². The second kappa shape index (κ2) is 7.69. The highest BCUT2D eigenvalue weighted by Gasteiger charge is 2.57.